The zero-order valence-electron chi connectivity index (χ0n) is 16.5. The molecule has 0 aliphatic carbocycles. The molecule has 2 aliphatic heterocycles. The van der Waals surface area contributed by atoms with Gasteiger partial charge in [0.25, 0.3) is 0 Å². The second-order valence-corrected chi connectivity index (χ2v) is 7.97. The highest BCUT2D eigenvalue weighted by Gasteiger charge is 2.25. The molecule has 2 aromatic rings. The maximum absolute atomic E-state index is 12.7. The number of hydrogen-bond donors (Lipinski definition) is 0. The molecule has 148 valence electrons. The van der Waals surface area contributed by atoms with Crippen molar-refractivity contribution in [2.75, 3.05) is 50.7 Å². The Hall–Kier alpha value is -2.40. The van der Waals surface area contributed by atoms with E-state index in [1.165, 1.54) is 18.4 Å². The van der Waals surface area contributed by atoms with Crippen LogP contribution in [0.4, 0.5) is 5.82 Å². The van der Waals surface area contributed by atoms with Crippen LogP contribution in [-0.2, 0) is 11.2 Å². The predicted molar refractivity (Wildman–Crippen MR) is 112 cm³/mol. The summed E-state index contributed by atoms with van der Waals surface area (Å²) < 4.78 is 0. The molecule has 0 atom stereocenters. The lowest BCUT2D eigenvalue weighted by atomic mass is 9.90. The van der Waals surface area contributed by atoms with Crippen LogP contribution in [0.3, 0.4) is 0 Å². The minimum atomic E-state index is 0.280. The molecule has 0 spiro atoms. The summed E-state index contributed by atoms with van der Waals surface area (Å²) in [5.74, 6) is 2.04. The predicted octanol–water partition coefficient (Wildman–Crippen LogP) is 2.68. The number of carbonyl (C=O) groups is 1. The van der Waals surface area contributed by atoms with E-state index in [4.69, 9.17) is 0 Å². The number of piperazine rings is 1. The van der Waals surface area contributed by atoms with Crippen molar-refractivity contribution in [3.63, 3.8) is 0 Å². The van der Waals surface area contributed by atoms with Crippen molar-refractivity contribution in [3.05, 3.63) is 60.3 Å². The second kappa shape index (κ2) is 9.20. The third-order valence-electron chi connectivity index (χ3n) is 6.04. The molecule has 0 unspecified atom stereocenters. The molecule has 28 heavy (non-hydrogen) atoms. The van der Waals surface area contributed by atoms with E-state index < -0.39 is 0 Å². The van der Waals surface area contributed by atoms with Crippen LogP contribution < -0.4 is 4.90 Å². The maximum atomic E-state index is 12.7. The van der Waals surface area contributed by atoms with Gasteiger partial charge in [-0.3, -0.25) is 9.69 Å². The molecule has 2 aliphatic rings. The zero-order valence-corrected chi connectivity index (χ0v) is 16.5. The molecule has 0 N–H and O–H groups in total. The van der Waals surface area contributed by atoms with Crippen molar-refractivity contribution < 1.29 is 4.79 Å². The van der Waals surface area contributed by atoms with Gasteiger partial charge in [-0.05, 0) is 56.0 Å². The van der Waals surface area contributed by atoms with Gasteiger partial charge in [0.2, 0.25) is 5.91 Å². The lowest BCUT2D eigenvalue weighted by Gasteiger charge is -2.37. The summed E-state index contributed by atoms with van der Waals surface area (Å²) in [4.78, 5) is 23.8. The van der Waals surface area contributed by atoms with Gasteiger partial charge in [-0.15, -0.1) is 0 Å². The number of carbonyl (C=O) groups excluding carboxylic acids is 1. The van der Waals surface area contributed by atoms with Crippen LogP contribution in [-0.4, -0.2) is 66.5 Å². The van der Waals surface area contributed by atoms with Crippen molar-refractivity contribution in [2.45, 2.75) is 19.3 Å². The number of hydrogen-bond acceptors (Lipinski definition) is 4. The summed E-state index contributed by atoms with van der Waals surface area (Å²) in [7, 11) is 0. The van der Waals surface area contributed by atoms with E-state index in [2.05, 4.69) is 45.1 Å². The van der Waals surface area contributed by atoms with E-state index in [0.717, 1.165) is 57.4 Å². The first kappa shape index (κ1) is 18.9. The van der Waals surface area contributed by atoms with Gasteiger partial charge in [0.05, 0.1) is 6.54 Å². The van der Waals surface area contributed by atoms with Crippen molar-refractivity contribution in [1.29, 1.82) is 0 Å². The molecule has 1 aromatic carbocycles. The van der Waals surface area contributed by atoms with Crippen LogP contribution in [0.5, 0.6) is 0 Å². The second-order valence-electron chi connectivity index (χ2n) is 7.97. The summed E-state index contributed by atoms with van der Waals surface area (Å²) in [6.45, 7) is 5.96. The zero-order chi connectivity index (χ0) is 19.2. The molecule has 0 bridgehead atoms. The first-order chi connectivity index (χ1) is 13.8. The third kappa shape index (κ3) is 4.90. The molecule has 2 saturated heterocycles. The molecule has 0 radical (unpaired) electrons. The minimum Gasteiger partial charge on any atom is -0.353 e. The van der Waals surface area contributed by atoms with Crippen molar-refractivity contribution in [3.8, 4) is 0 Å². The van der Waals surface area contributed by atoms with E-state index >= 15 is 0 Å². The van der Waals surface area contributed by atoms with Crippen LogP contribution in [0.15, 0.2) is 54.7 Å². The van der Waals surface area contributed by atoms with Gasteiger partial charge in [0.15, 0.2) is 0 Å². The van der Waals surface area contributed by atoms with Gasteiger partial charge >= 0.3 is 0 Å². The first-order valence-corrected chi connectivity index (χ1v) is 10.5. The minimum absolute atomic E-state index is 0.280. The fraction of sp³-hybridized carbons (Fsp3) is 0.478. The standard InChI is InChI=1S/C23H30N4O/c28-23(27-16-14-26(15-17-27)22-8-4-5-11-24-22)19-25-12-9-21(10-13-25)18-20-6-2-1-3-7-20/h1-8,11,21H,9-10,12-19H2. The van der Waals surface area contributed by atoms with Crippen LogP contribution in [0.1, 0.15) is 18.4 Å². The van der Waals surface area contributed by atoms with Gasteiger partial charge in [0, 0.05) is 32.4 Å². The highest BCUT2D eigenvalue weighted by atomic mass is 16.2. The number of nitrogens with zero attached hydrogens (tertiary/aromatic N) is 4. The highest BCUT2D eigenvalue weighted by molar-refractivity contribution is 5.78. The average molecular weight is 379 g/mol. The molecule has 4 rings (SSSR count). The molecule has 3 heterocycles. The average Bonchev–Trinajstić information content (AvgIpc) is 2.76. The number of anilines is 1. The topological polar surface area (TPSA) is 39.7 Å². The van der Waals surface area contributed by atoms with E-state index in [1.807, 2.05) is 29.3 Å². The number of benzene rings is 1. The van der Waals surface area contributed by atoms with Crippen molar-refractivity contribution >= 4 is 11.7 Å². The van der Waals surface area contributed by atoms with Gasteiger partial charge in [-0.25, -0.2) is 4.98 Å². The molecule has 2 fully saturated rings. The molecule has 1 amide bonds. The maximum Gasteiger partial charge on any atom is 0.236 e. The van der Waals surface area contributed by atoms with Crippen molar-refractivity contribution in [1.82, 2.24) is 14.8 Å². The summed E-state index contributed by atoms with van der Waals surface area (Å²) >= 11 is 0. The number of pyridine rings is 1. The highest BCUT2D eigenvalue weighted by Crippen LogP contribution is 2.22. The largest absolute Gasteiger partial charge is 0.353 e. The Balaban J connectivity index is 1.19. The normalized spacial score (nSPS) is 19.0. The lowest BCUT2D eigenvalue weighted by molar-refractivity contribution is -0.133. The van der Waals surface area contributed by atoms with Gasteiger partial charge in [0.1, 0.15) is 5.82 Å². The molecule has 0 saturated carbocycles. The number of aromatic nitrogens is 1. The fourth-order valence-corrected chi connectivity index (χ4v) is 4.31. The third-order valence-corrected chi connectivity index (χ3v) is 6.04. The molecular weight excluding hydrogens is 348 g/mol. The summed E-state index contributed by atoms with van der Waals surface area (Å²) in [6, 6.07) is 16.8. The van der Waals surface area contributed by atoms with Crippen LogP contribution in [0.25, 0.3) is 0 Å². The Bertz CT molecular complexity index is 736. The fourth-order valence-electron chi connectivity index (χ4n) is 4.31. The summed E-state index contributed by atoms with van der Waals surface area (Å²) in [6.07, 6.45) is 5.37. The van der Waals surface area contributed by atoms with E-state index in [-0.39, 0.29) is 5.91 Å². The Morgan fingerprint density at radius 1 is 0.893 bits per heavy atom. The molecule has 5 heteroatoms. The molecule has 1 aromatic heterocycles. The lowest BCUT2D eigenvalue weighted by Crippen LogP contribution is -2.52. The van der Waals surface area contributed by atoms with Crippen LogP contribution in [0, 0.1) is 5.92 Å². The number of amides is 1. The van der Waals surface area contributed by atoms with E-state index in [1.54, 1.807) is 0 Å². The monoisotopic (exact) mass is 378 g/mol. The van der Waals surface area contributed by atoms with Gasteiger partial charge in [-0.1, -0.05) is 36.4 Å². The Morgan fingerprint density at radius 2 is 1.61 bits per heavy atom. The number of rotatable bonds is 5. The van der Waals surface area contributed by atoms with Crippen LogP contribution in [0.2, 0.25) is 0 Å². The van der Waals surface area contributed by atoms with Gasteiger partial charge in [-0.2, -0.15) is 0 Å². The van der Waals surface area contributed by atoms with E-state index in [9.17, 15) is 4.79 Å². The first-order valence-electron chi connectivity index (χ1n) is 10.5. The summed E-state index contributed by atoms with van der Waals surface area (Å²) in [5.41, 5.74) is 1.43. The molecule has 5 nitrogen and oxygen atoms in total. The smallest absolute Gasteiger partial charge is 0.236 e. The SMILES string of the molecule is O=C(CN1CCC(Cc2ccccc2)CC1)N1CCN(c2ccccn2)CC1. The van der Waals surface area contributed by atoms with E-state index in [0.29, 0.717) is 6.54 Å². The molecular formula is C23H30N4O. The van der Waals surface area contributed by atoms with Crippen molar-refractivity contribution in [2.24, 2.45) is 5.92 Å². The van der Waals surface area contributed by atoms with Gasteiger partial charge < -0.3 is 9.80 Å². The Kier molecular flexibility index (Phi) is 6.22. The Labute approximate surface area is 168 Å². The Morgan fingerprint density at radius 3 is 2.29 bits per heavy atom. The number of piperidine rings is 1. The quantitative estimate of drug-likeness (QED) is 0.802. The number of likely N-dealkylation sites (tertiary alicyclic amines) is 1. The summed E-state index contributed by atoms with van der Waals surface area (Å²) in [5, 5.41) is 0. The van der Waals surface area contributed by atoms with Crippen LogP contribution >= 0.6 is 0 Å².